The summed E-state index contributed by atoms with van der Waals surface area (Å²) in [6, 6.07) is 7.62. The zero-order chi connectivity index (χ0) is 15.2. The smallest absolute Gasteiger partial charge is 0.215 e. The third kappa shape index (κ3) is 5.48. The Balaban J connectivity index is 2.58. The summed E-state index contributed by atoms with van der Waals surface area (Å²) >= 11 is 0. The van der Waals surface area contributed by atoms with Crippen LogP contribution in [0.4, 0.5) is 0 Å². The molecule has 1 aromatic carbocycles. The lowest BCUT2D eigenvalue weighted by Gasteiger charge is -2.16. The van der Waals surface area contributed by atoms with Gasteiger partial charge in [0.25, 0.3) is 0 Å². The van der Waals surface area contributed by atoms with E-state index in [-0.39, 0.29) is 12.6 Å². The Morgan fingerprint density at radius 3 is 2.55 bits per heavy atom. The van der Waals surface area contributed by atoms with Crippen molar-refractivity contribution in [2.24, 2.45) is 0 Å². The summed E-state index contributed by atoms with van der Waals surface area (Å²) in [6.45, 7) is 6.38. The predicted octanol–water partition coefficient (Wildman–Crippen LogP) is 1.50. The first-order valence-corrected chi connectivity index (χ1v) is 8.24. The van der Waals surface area contributed by atoms with Crippen LogP contribution in [0.3, 0.4) is 0 Å². The molecule has 0 aliphatic rings. The molecule has 0 aliphatic heterocycles. The van der Waals surface area contributed by atoms with Crippen molar-refractivity contribution < 1.29 is 13.2 Å². The highest BCUT2D eigenvalue weighted by molar-refractivity contribution is 7.90. The van der Waals surface area contributed by atoms with Gasteiger partial charge < -0.3 is 10.1 Å². The number of hydrogen-bond acceptors (Lipinski definition) is 4. The fraction of sp³-hybridized carbons (Fsp3) is 0.571. The maximum Gasteiger partial charge on any atom is 0.215 e. The topological polar surface area (TPSA) is 67.4 Å². The van der Waals surface area contributed by atoms with E-state index in [4.69, 9.17) is 4.74 Å². The van der Waals surface area contributed by atoms with Gasteiger partial charge in [-0.15, -0.1) is 0 Å². The van der Waals surface area contributed by atoms with Gasteiger partial charge >= 0.3 is 0 Å². The van der Waals surface area contributed by atoms with Gasteiger partial charge in [0.15, 0.2) is 0 Å². The maximum atomic E-state index is 12.1. The van der Waals surface area contributed by atoms with Crippen LogP contribution in [0, 0.1) is 0 Å². The van der Waals surface area contributed by atoms with Crippen LogP contribution in [0.25, 0.3) is 0 Å². The van der Waals surface area contributed by atoms with E-state index >= 15 is 0 Å². The normalized spacial score (nSPS) is 13.4. The molecule has 0 spiro atoms. The van der Waals surface area contributed by atoms with E-state index in [1.54, 1.807) is 14.0 Å². The predicted molar refractivity (Wildman–Crippen MR) is 81.4 cm³/mol. The minimum atomic E-state index is -3.33. The van der Waals surface area contributed by atoms with Crippen molar-refractivity contribution in [3.63, 3.8) is 0 Å². The SMILES string of the molecule is COc1cccc(CNS(=O)(=O)C(C)CNC(C)C)c1. The van der Waals surface area contributed by atoms with Crippen LogP contribution in [0.15, 0.2) is 24.3 Å². The standard InChI is InChI=1S/C14H24N2O3S/c1-11(2)15-9-12(3)20(17,18)16-10-13-6-5-7-14(8-13)19-4/h5-8,11-12,15-16H,9-10H2,1-4H3. The molecular weight excluding hydrogens is 276 g/mol. The number of hydrogen-bond donors (Lipinski definition) is 2. The molecule has 1 aromatic rings. The Kier molecular flexibility index (Phi) is 6.45. The number of ether oxygens (including phenoxy) is 1. The molecular formula is C14H24N2O3S. The van der Waals surface area contributed by atoms with Crippen molar-refractivity contribution in [1.29, 1.82) is 0 Å². The molecule has 0 saturated heterocycles. The third-order valence-corrected chi connectivity index (χ3v) is 4.73. The monoisotopic (exact) mass is 300 g/mol. The maximum absolute atomic E-state index is 12.1. The summed E-state index contributed by atoms with van der Waals surface area (Å²) in [5, 5.41) is 2.65. The van der Waals surface area contributed by atoms with E-state index < -0.39 is 15.3 Å². The molecule has 0 aromatic heterocycles. The van der Waals surface area contributed by atoms with Crippen molar-refractivity contribution in [1.82, 2.24) is 10.0 Å². The fourth-order valence-electron chi connectivity index (χ4n) is 1.62. The van der Waals surface area contributed by atoms with Gasteiger partial charge in [0, 0.05) is 19.1 Å². The largest absolute Gasteiger partial charge is 0.497 e. The highest BCUT2D eigenvalue weighted by atomic mass is 32.2. The highest BCUT2D eigenvalue weighted by Gasteiger charge is 2.20. The number of sulfonamides is 1. The second-order valence-electron chi connectivity index (χ2n) is 5.09. The van der Waals surface area contributed by atoms with Crippen molar-refractivity contribution in [2.75, 3.05) is 13.7 Å². The number of methoxy groups -OCH3 is 1. The van der Waals surface area contributed by atoms with Gasteiger partial charge in [-0.25, -0.2) is 13.1 Å². The van der Waals surface area contributed by atoms with Crippen molar-refractivity contribution in [2.45, 2.75) is 38.6 Å². The lowest BCUT2D eigenvalue weighted by molar-refractivity contribution is 0.414. The van der Waals surface area contributed by atoms with Crippen molar-refractivity contribution >= 4 is 10.0 Å². The van der Waals surface area contributed by atoms with Crippen LogP contribution in [0.5, 0.6) is 5.75 Å². The van der Waals surface area contributed by atoms with E-state index in [1.807, 2.05) is 38.1 Å². The van der Waals surface area contributed by atoms with Gasteiger partial charge in [0.05, 0.1) is 12.4 Å². The van der Waals surface area contributed by atoms with Gasteiger partial charge in [-0.3, -0.25) is 0 Å². The van der Waals surface area contributed by atoms with Crippen LogP contribution < -0.4 is 14.8 Å². The molecule has 0 amide bonds. The second kappa shape index (κ2) is 7.61. The number of nitrogens with one attached hydrogen (secondary N) is 2. The second-order valence-corrected chi connectivity index (χ2v) is 7.27. The minimum Gasteiger partial charge on any atom is -0.497 e. The summed E-state index contributed by atoms with van der Waals surface area (Å²) in [7, 11) is -1.74. The molecule has 2 N–H and O–H groups in total. The van der Waals surface area contributed by atoms with E-state index in [9.17, 15) is 8.42 Å². The number of rotatable bonds is 8. The van der Waals surface area contributed by atoms with Crippen LogP contribution in [-0.2, 0) is 16.6 Å². The van der Waals surface area contributed by atoms with E-state index in [1.165, 1.54) is 0 Å². The van der Waals surface area contributed by atoms with Crippen LogP contribution >= 0.6 is 0 Å². The van der Waals surface area contributed by atoms with E-state index in [2.05, 4.69) is 10.0 Å². The molecule has 0 bridgehead atoms. The molecule has 0 aliphatic carbocycles. The Morgan fingerprint density at radius 1 is 1.25 bits per heavy atom. The average Bonchev–Trinajstić information content (AvgIpc) is 2.42. The minimum absolute atomic E-state index is 0.269. The Morgan fingerprint density at radius 2 is 1.95 bits per heavy atom. The van der Waals surface area contributed by atoms with E-state index in [0.717, 1.165) is 11.3 Å². The summed E-state index contributed by atoms with van der Waals surface area (Å²) in [5.41, 5.74) is 0.872. The molecule has 0 heterocycles. The highest BCUT2D eigenvalue weighted by Crippen LogP contribution is 2.12. The van der Waals surface area contributed by atoms with Crippen molar-refractivity contribution in [3.05, 3.63) is 29.8 Å². The first-order valence-electron chi connectivity index (χ1n) is 6.70. The molecule has 0 fully saturated rings. The summed E-state index contributed by atoms with van der Waals surface area (Å²) in [5.74, 6) is 0.719. The first-order chi connectivity index (χ1) is 9.35. The quantitative estimate of drug-likeness (QED) is 0.763. The molecule has 0 saturated carbocycles. The first kappa shape index (κ1) is 16.9. The Labute approximate surface area is 121 Å². The molecule has 0 radical (unpaired) electrons. The third-order valence-electron chi connectivity index (χ3n) is 2.95. The molecule has 6 heteroatoms. The molecule has 1 atom stereocenters. The van der Waals surface area contributed by atoms with Gasteiger partial charge in [0.2, 0.25) is 10.0 Å². The molecule has 1 rings (SSSR count). The summed E-state index contributed by atoms with van der Waals surface area (Å²) < 4.78 is 31.9. The lowest BCUT2D eigenvalue weighted by Crippen LogP contribution is -2.40. The Hall–Kier alpha value is -1.11. The summed E-state index contributed by atoms with van der Waals surface area (Å²) in [6.07, 6.45) is 0. The average molecular weight is 300 g/mol. The fourth-order valence-corrected chi connectivity index (χ4v) is 2.59. The van der Waals surface area contributed by atoms with Crippen LogP contribution in [-0.4, -0.2) is 33.4 Å². The van der Waals surface area contributed by atoms with Gasteiger partial charge in [-0.05, 0) is 24.6 Å². The van der Waals surface area contributed by atoms with Crippen molar-refractivity contribution in [3.8, 4) is 5.75 Å². The van der Waals surface area contributed by atoms with Gasteiger partial charge in [-0.2, -0.15) is 0 Å². The van der Waals surface area contributed by atoms with E-state index in [0.29, 0.717) is 6.54 Å². The molecule has 1 unspecified atom stereocenters. The zero-order valence-electron chi connectivity index (χ0n) is 12.5. The zero-order valence-corrected chi connectivity index (χ0v) is 13.3. The van der Waals surface area contributed by atoms with Gasteiger partial charge in [-0.1, -0.05) is 26.0 Å². The molecule has 5 nitrogen and oxygen atoms in total. The van der Waals surface area contributed by atoms with Crippen LogP contribution in [0.2, 0.25) is 0 Å². The van der Waals surface area contributed by atoms with Crippen LogP contribution in [0.1, 0.15) is 26.3 Å². The molecule has 114 valence electrons. The Bertz CT molecular complexity index is 515. The lowest BCUT2D eigenvalue weighted by atomic mass is 10.2. The number of benzene rings is 1. The summed E-state index contributed by atoms with van der Waals surface area (Å²) in [4.78, 5) is 0. The van der Waals surface area contributed by atoms with Gasteiger partial charge in [0.1, 0.15) is 5.75 Å². The molecule has 20 heavy (non-hydrogen) atoms.